The van der Waals surface area contributed by atoms with Crippen molar-refractivity contribution in [3.05, 3.63) is 0 Å². The van der Waals surface area contributed by atoms with Crippen LogP contribution in [0, 0.1) is 11.8 Å². The van der Waals surface area contributed by atoms with Gasteiger partial charge < -0.3 is 10.1 Å². The van der Waals surface area contributed by atoms with Crippen LogP contribution in [0.4, 0.5) is 0 Å². The van der Waals surface area contributed by atoms with E-state index in [9.17, 15) is 0 Å². The molecule has 1 aliphatic carbocycles. The van der Waals surface area contributed by atoms with Crippen molar-refractivity contribution in [2.75, 3.05) is 19.8 Å². The smallest absolute Gasteiger partial charge is 0.0620 e. The van der Waals surface area contributed by atoms with E-state index < -0.39 is 0 Å². The highest BCUT2D eigenvalue weighted by Gasteiger charge is 2.28. The molecule has 0 spiro atoms. The lowest BCUT2D eigenvalue weighted by atomic mass is 10.1. The molecule has 12 heavy (non-hydrogen) atoms. The van der Waals surface area contributed by atoms with Crippen LogP contribution >= 0.6 is 0 Å². The summed E-state index contributed by atoms with van der Waals surface area (Å²) < 4.78 is 5.30. The standard InChI is InChI=1S/C10H19NO/c1-8(9-2-3-9)6-11-10-4-5-12-7-10/h8-11H,2-7H2,1H3. The lowest BCUT2D eigenvalue weighted by molar-refractivity contribution is 0.189. The molecule has 0 aromatic heterocycles. The molecule has 2 fully saturated rings. The Bertz CT molecular complexity index is 137. The highest BCUT2D eigenvalue weighted by atomic mass is 16.5. The molecule has 1 heterocycles. The van der Waals surface area contributed by atoms with E-state index in [1.54, 1.807) is 0 Å². The molecule has 1 saturated heterocycles. The van der Waals surface area contributed by atoms with Crippen molar-refractivity contribution in [3.8, 4) is 0 Å². The van der Waals surface area contributed by atoms with Gasteiger partial charge in [-0.2, -0.15) is 0 Å². The minimum Gasteiger partial charge on any atom is -0.380 e. The van der Waals surface area contributed by atoms with E-state index in [-0.39, 0.29) is 0 Å². The normalized spacial score (nSPS) is 32.2. The van der Waals surface area contributed by atoms with Gasteiger partial charge in [-0.15, -0.1) is 0 Å². The molecule has 1 N–H and O–H groups in total. The summed E-state index contributed by atoms with van der Waals surface area (Å²) in [5.41, 5.74) is 0. The summed E-state index contributed by atoms with van der Waals surface area (Å²) >= 11 is 0. The molecule has 2 nitrogen and oxygen atoms in total. The molecule has 2 heteroatoms. The van der Waals surface area contributed by atoms with Crippen molar-refractivity contribution in [1.82, 2.24) is 5.32 Å². The van der Waals surface area contributed by atoms with E-state index in [0.717, 1.165) is 25.0 Å². The lowest BCUT2D eigenvalue weighted by Crippen LogP contribution is -2.33. The minimum absolute atomic E-state index is 0.645. The Hall–Kier alpha value is -0.0800. The van der Waals surface area contributed by atoms with Crippen molar-refractivity contribution in [2.24, 2.45) is 11.8 Å². The van der Waals surface area contributed by atoms with E-state index in [4.69, 9.17) is 4.74 Å². The number of nitrogens with one attached hydrogen (secondary N) is 1. The van der Waals surface area contributed by atoms with Gasteiger partial charge in [0.1, 0.15) is 0 Å². The Kier molecular flexibility index (Phi) is 2.66. The van der Waals surface area contributed by atoms with Gasteiger partial charge in [0.05, 0.1) is 6.61 Å². The van der Waals surface area contributed by atoms with Crippen LogP contribution in [0.15, 0.2) is 0 Å². The predicted molar refractivity (Wildman–Crippen MR) is 49.1 cm³/mol. The second-order valence-electron chi connectivity index (χ2n) is 4.28. The van der Waals surface area contributed by atoms with Crippen LogP contribution in [0.3, 0.4) is 0 Å². The fourth-order valence-corrected chi connectivity index (χ4v) is 1.88. The first-order valence-corrected chi connectivity index (χ1v) is 5.17. The van der Waals surface area contributed by atoms with Crippen molar-refractivity contribution >= 4 is 0 Å². The molecule has 0 aromatic rings. The maximum atomic E-state index is 5.30. The van der Waals surface area contributed by atoms with Gasteiger partial charge in [0.2, 0.25) is 0 Å². The van der Waals surface area contributed by atoms with Gasteiger partial charge in [-0.3, -0.25) is 0 Å². The Morgan fingerprint density at radius 3 is 2.83 bits per heavy atom. The molecule has 1 saturated carbocycles. The van der Waals surface area contributed by atoms with Gasteiger partial charge in [0.25, 0.3) is 0 Å². The molecule has 2 unspecified atom stereocenters. The maximum absolute atomic E-state index is 5.30. The third kappa shape index (κ3) is 2.20. The third-order valence-corrected chi connectivity index (χ3v) is 3.08. The van der Waals surface area contributed by atoms with Crippen molar-refractivity contribution in [1.29, 1.82) is 0 Å². The number of hydrogen-bond donors (Lipinski definition) is 1. The Morgan fingerprint density at radius 1 is 1.42 bits per heavy atom. The molecular formula is C10H19NO. The topological polar surface area (TPSA) is 21.3 Å². The van der Waals surface area contributed by atoms with Crippen LogP contribution in [0.5, 0.6) is 0 Å². The maximum Gasteiger partial charge on any atom is 0.0620 e. The lowest BCUT2D eigenvalue weighted by Gasteiger charge is -2.14. The van der Waals surface area contributed by atoms with Gasteiger partial charge in [-0.25, -0.2) is 0 Å². The van der Waals surface area contributed by atoms with Crippen molar-refractivity contribution in [2.45, 2.75) is 32.2 Å². The number of ether oxygens (including phenoxy) is 1. The Balaban J connectivity index is 1.60. The second kappa shape index (κ2) is 3.75. The fraction of sp³-hybridized carbons (Fsp3) is 1.00. The van der Waals surface area contributed by atoms with E-state index in [1.807, 2.05) is 0 Å². The summed E-state index contributed by atoms with van der Waals surface area (Å²) in [5, 5.41) is 3.58. The molecule has 2 aliphatic rings. The second-order valence-corrected chi connectivity index (χ2v) is 4.28. The van der Waals surface area contributed by atoms with Crippen LogP contribution in [-0.2, 0) is 4.74 Å². The SMILES string of the molecule is CC(CNC1CCOC1)C1CC1. The summed E-state index contributed by atoms with van der Waals surface area (Å²) in [6, 6.07) is 0.645. The van der Waals surface area contributed by atoms with Gasteiger partial charge in [0, 0.05) is 12.6 Å². The molecular weight excluding hydrogens is 150 g/mol. The molecule has 1 aliphatic heterocycles. The minimum atomic E-state index is 0.645. The zero-order valence-corrected chi connectivity index (χ0v) is 7.88. The first kappa shape index (κ1) is 8.52. The summed E-state index contributed by atoms with van der Waals surface area (Å²) in [6.45, 7) is 5.44. The highest BCUT2D eigenvalue weighted by molar-refractivity contribution is 4.81. The van der Waals surface area contributed by atoms with Crippen molar-refractivity contribution in [3.63, 3.8) is 0 Å². The van der Waals surface area contributed by atoms with E-state index in [0.29, 0.717) is 6.04 Å². The molecule has 0 bridgehead atoms. The molecule has 0 amide bonds. The van der Waals surface area contributed by atoms with E-state index >= 15 is 0 Å². The van der Waals surface area contributed by atoms with Gasteiger partial charge in [-0.05, 0) is 37.6 Å². The average Bonchev–Trinajstić information content (AvgIpc) is 2.80. The summed E-state index contributed by atoms with van der Waals surface area (Å²) in [7, 11) is 0. The molecule has 70 valence electrons. The summed E-state index contributed by atoms with van der Waals surface area (Å²) in [5.74, 6) is 1.91. The predicted octanol–water partition coefficient (Wildman–Crippen LogP) is 1.41. The monoisotopic (exact) mass is 169 g/mol. The van der Waals surface area contributed by atoms with Gasteiger partial charge in [-0.1, -0.05) is 6.92 Å². The summed E-state index contributed by atoms with van der Waals surface area (Å²) in [6.07, 6.45) is 4.13. The number of hydrogen-bond acceptors (Lipinski definition) is 2. The first-order valence-electron chi connectivity index (χ1n) is 5.17. The van der Waals surface area contributed by atoms with Crippen LogP contribution < -0.4 is 5.32 Å². The molecule has 0 aromatic carbocycles. The average molecular weight is 169 g/mol. The van der Waals surface area contributed by atoms with Crippen LogP contribution in [0.2, 0.25) is 0 Å². The quantitative estimate of drug-likeness (QED) is 0.687. The van der Waals surface area contributed by atoms with Gasteiger partial charge >= 0.3 is 0 Å². The van der Waals surface area contributed by atoms with Gasteiger partial charge in [0.15, 0.2) is 0 Å². The Morgan fingerprint density at radius 2 is 2.25 bits per heavy atom. The number of rotatable bonds is 4. The fourth-order valence-electron chi connectivity index (χ4n) is 1.88. The van der Waals surface area contributed by atoms with Crippen LogP contribution in [-0.4, -0.2) is 25.8 Å². The summed E-state index contributed by atoms with van der Waals surface area (Å²) in [4.78, 5) is 0. The van der Waals surface area contributed by atoms with E-state index in [1.165, 1.54) is 25.8 Å². The highest BCUT2D eigenvalue weighted by Crippen LogP contribution is 2.36. The molecule has 2 atom stereocenters. The third-order valence-electron chi connectivity index (χ3n) is 3.08. The van der Waals surface area contributed by atoms with E-state index in [2.05, 4.69) is 12.2 Å². The molecule has 2 rings (SSSR count). The zero-order valence-electron chi connectivity index (χ0n) is 7.88. The zero-order chi connectivity index (χ0) is 8.39. The van der Waals surface area contributed by atoms with Crippen LogP contribution in [0.25, 0.3) is 0 Å². The molecule has 0 radical (unpaired) electrons. The van der Waals surface area contributed by atoms with Crippen molar-refractivity contribution < 1.29 is 4.74 Å². The largest absolute Gasteiger partial charge is 0.380 e. The van der Waals surface area contributed by atoms with Crippen LogP contribution in [0.1, 0.15) is 26.2 Å². The first-order chi connectivity index (χ1) is 5.86. The Labute approximate surface area is 74.7 Å².